The highest BCUT2D eigenvalue weighted by molar-refractivity contribution is 5.95. The van der Waals surface area contributed by atoms with Gasteiger partial charge in [-0.15, -0.1) is 0 Å². The Labute approximate surface area is 55.0 Å². The van der Waals surface area contributed by atoms with E-state index in [1.165, 1.54) is 0 Å². The summed E-state index contributed by atoms with van der Waals surface area (Å²) in [5.41, 5.74) is 0. The molecule has 0 spiro atoms. The first-order valence-corrected chi connectivity index (χ1v) is 2.22. The lowest BCUT2D eigenvalue weighted by atomic mass is 10.4. The zero-order valence-electron chi connectivity index (χ0n) is 4.78. The Hall–Kier alpha value is -1.17. The number of carboxylic acids is 2. The van der Waals surface area contributed by atoms with Crippen LogP contribution in [-0.4, -0.2) is 35.1 Å². The van der Waals surface area contributed by atoms with Crippen LogP contribution in [0.2, 0.25) is 0 Å². The van der Waals surface area contributed by atoms with Crippen molar-refractivity contribution in [1.82, 2.24) is 0 Å². The molecular weight excluding hydrogens is 147 g/mol. The summed E-state index contributed by atoms with van der Waals surface area (Å²) in [7, 11) is 0. The van der Waals surface area contributed by atoms with E-state index in [1.807, 2.05) is 0 Å². The summed E-state index contributed by atoms with van der Waals surface area (Å²) in [4.78, 5) is 19.7. The van der Waals surface area contributed by atoms with Gasteiger partial charge < -0.3 is 14.9 Å². The smallest absolute Gasteiger partial charge is 0.344 e. The number of alkyl halides is 1. The Balaban J connectivity index is 3.98. The highest BCUT2D eigenvalue weighted by Crippen LogP contribution is 1.92. The Kier molecular flexibility index (Phi) is 3.34. The second kappa shape index (κ2) is 3.78. The van der Waals surface area contributed by atoms with Crippen molar-refractivity contribution in [2.24, 2.45) is 0 Å². The van der Waals surface area contributed by atoms with Gasteiger partial charge in [-0.1, -0.05) is 0 Å². The third kappa shape index (κ3) is 2.40. The van der Waals surface area contributed by atoms with Crippen molar-refractivity contribution in [2.45, 2.75) is 6.10 Å². The molecule has 0 aromatic heterocycles. The molecule has 0 saturated carbocycles. The number of hydrogen-bond acceptors (Lipinski definition) is 3. The zero-order valence-corrected chi connectivity index (χ0v) is 4.78. The maximum atomic E-state index is 11.2. The fourth-order valence-electron chi connectivity index (χ4n) is 0.311. The molecule has 0 fully saturated rings. The number of aliphatic carboxylic acids is 2. The first-order valence-electron chi connectivity index (χ1n) is 2.22. The summed E-state index contributed by atoms with van der Waals surface area (Å²) in [6.07, 6.45) is -2.11. The maximum absolute atomic E-state index is 11.2. The van der Waals surface area contributed by atoms with E-state index in [0.29, 0.717) is 0 Å². The van der Waals surface area contributed by atoms with Crippen molar-refractivity contribution in [3.05, 3.63) is 0 Å². The minimum absolute atomic E-state index is 1.43. The fourth-order valence-corrected chi connectivity index (χ4v) is 0.311. The molecule has 10 heavy (non-hydrogen) atoms. The van der Waals surface area contributed by atoms with E-state index in [-0.39, 0.29) is 0 Å². The topological polar surface area (TPSA) is 83.8 Å². The molecule has 0 aliphatic carbocycles. The highest BCUT2D eigenvalue weighted by Gasteiger charge is 2.26. The molecule has 0 aromatic carbocycles. The van der Waals surface area contributed by atoms with Crippen LogP contribution in [0.3, 0.4) is 0 Å². The normalized spacial score (nSPS) is 9.80. The van der Waals surface area contributed by atoms with E-state index in [2.05, 4.69) is 4.74 Å². The van der Waals surface area contributed by atoms with Crippen LogP contribution in [0.4, 0.5) is 4.39 Å². The quantitative estimate of drug-likeness (QED) is 0.529. The third-order valence-corrected chi connectivity index (χ3v) is 0.678. The lowest BCUT2D eigenvalue weighted by molar-refractivity contribution is -0.169. The van der Waals surface area contributed by atoms with Crippen LogP contribution in [0.25, 0.3) is 0 Å². The van der Waals surface area contributed by atoms with Crippen LogP contribution in [0.1, 0.15) is 0 Å². The summed E-state index contributed by atoms with van der Waals surface area (Å²) >= 11 is 0. The molecule has 0 unspecified atom stereocenters. The van der Waals surface area contributed by atoms with Crippen molar-refractivity contribution >= 4 is 11.9 Å². The standard InChI is InChI=1S/C4H5FO5/c5-1-10-2(3(6)7)4(8)9/h2H,1H2,(H,6,7)(H,8,9). The van der Waals surface area contributed by atoms with E-state index in [9.17, 15) is 14.0 Å². The summed E-state index contributed by atoms with van der Waals surface area (Å²) in [5.74, 6) is -3.43. The molecule has 0 bridgehead atoms. The Morgan fingerprint density at radius 1 is 1.40 bits per heavy atom. The van der Waals surface area contributed by atoms with E-state index in [0.717, 1.165) is 0 Å². The van der Waals surface area contributed by atoms with E-state index >= 15 is 0 Å². The number of carboxylic acid groups (broad SMARTS) is 2. The fraction of sp³-hybridized carbons (Fsp3) is 0.500. The summed E-state index contributed by atoms with van der Waals surface area (Å²) in [6, 6.07) is 0. The molecule has 6 heteroatoms. The Morgan fingerprint density at radius 2 is 1.80 bits per heavy atom. The molecule has 0 atom stereocenters. The minimum Gasteiger partial charge on any atom is -0.479 e. The lowest BCUT2D eigenvalue weighted by Crippen LogP contribution is -2.32. The van der Waals surface area contributed by atoms with Crippen molar-refractivity contribution in [2.75, 3.05) is 6.86 Å². The van der Waals surface area contributed by atoms with Crippen LogP contribution in [0, 0.1) is 0 Å². The molecule has 5 nitrogen and oxygen atoms in total. The summed E-state index contributed by atoms with van der Waals surface area (Å²) in [6.45, 7) is -1.43. The largest absolute Gasteiger partial charge is 0.479 e. The van der Waals surface area contributed by atoms with Crippen LogP contribution in [-0.2, 0) is 14.3 Å². The molecule has 0 aliphatic rings. The van der Waals surface area contributed by atoms with Gasteiger partial charge in [-0.2, -0.15) is 0 Å². The summed E-state index contributed by atoms with van der Waals surface area (Å²) < 4.78 is 14.9. The van der Waals surface area contributed by atoms with Crippen molar-refractivity contribution in [3.8, 4) is 0 Å². The molecule has 0 radical (unpaired) electrons. The van der Waals surface area contributed by atoms with Gasteiger partial charge in [-0.05, 0) is 0 Å². The highest BCUT2D eigenvalue weighted by atomic mass is 19.1. The van der Waals surface area contributed by atoms with Gasteiger partial charge in [0.1, 0.15) is 0 Å². The van der Waals surface area contributed by atoms with Crippen LogP contribution < -0.4 is 0 Å². The van der Waals surface area contributed by atoms with E-state index in [1.54, 1.807) is 0 Å². The van der Waals surface area contributed by atoms with Gasteiger partial charge in [0.25, 0.3) is 6.10 Å². The number of hydrogen-bond donors (Lipinski definition) is 2. The van der Waals surface area contributed by atoms with Crippen LogP contribution in [0.15, 0.2) is 0 Å². The van der Waals surface area contributed by atoms with Crippen molar-refractivity contribution < 1.29 is 28.9 Å². The number of rotatable bonds is 4. The predicted molar refractivity (Wildman–Crippen MR) is 26.1 cm³/mol. The maximum Gasteiger partial charge on any atom is 0.344 e. The molecular formula is C4H5FO5. The second-order valence-electron chi connectivity index (χ2n) is 1.33. The molecule has 0 amide bonds. The SMILES string of the molecule is O=C(O)C(OCF)C(=O)O. The first kappa shape index (κ1) is 8.83. The van der Waals surface area contributed by atoms with Gasteiger partial charge in [0.15, 0.2) is 6.86 Å². The van der Waals surface area contributed by atoms with Gasteiger partial charge in [0, 0.05) is 0 Å². The van der Waals surface area contributed by atoms with Crippen molar-refractivity contribution in [1.29, 1.82) is 0 Å². The predicted octanol–water partition coefficient (Wildman–Crippen LogP) is -0.532. The summed E-state index contributed by atoms with van der Waals surface area (Å²) in [5, 5.41) is 16.0. The average molecular weight is 152 g/mol. The van der Waals surface area contributed by atoms with Crippen molar-refractivity contribution in [3.63, 3.8) is 0 Å². The number of carbonyl (C=O) groups is 2. The molecule has 58 valence electrons. The monoisotopic (exact) mass is 152 g/mol. The average Bonchev–Trinajstić information content (AvgIpc) is 1.81. The molecule has 2 N–H and O–H groups in total. The van der Waals surface area contributed by atoms with Crippen LogP contribution in [0.5, 0.6) is 0 Å². The van der Waals surface area contributed by atoms with Gasteiger partial charge in [0.05, 0.1) is 0 Å². The molecule has 0 heterocycles. The Bertz CT molecular complexity index is 131. The lowest BCUT2D eigenvalue weighted by Gasteiger charge is -2.03. The van der Waals surface area contributed by atoms with E-state index in [4.69, 9.17) is 10.2 Å². The Morgan fingerprint density at radius 3 is 1.90 bits per heavy atom. The molecule has 0 rings (SSSR count). The van der Waals surface area contributed by atoms with Gasteiger partial charge in [-0.25, -0.2) is 14.0 Å². The number of ether oxygens (including phenoxy) is 1. The van der Waals surface area contributed by atoms with Gasteiger partial charge >= 0.3 is 11.9 Å². The second-order valence-corrected chi connectivity index (χ2v) is 1.33. The third-order valence-electron chi connectivity index (χ3n) is 0.678. The van der Waals surface area contributed by atoms with E-state index < -0.39 is 24.9 Å². The first-order chi connectivity index (χ1) is 4.59. The van der Waals surface area contributed by atoms with Gasteiger partial charge in [-0.3, -0.25) is 0 Å². The molecule has 0 aliphatic heterocycles. The zero-order chi connectivity index (χ0) is 8.15. The minimum atomic E-state index is -2.11. The van der Waals surface area contributed by atoms with Gasteiger partial charge in [0.2, 0.25) is 0 Å². The molecule has 0 aromatic rings. The van der Waals surface area contributed by atoms with Crippen LogP contribution >= 0.6 is 0 Å². The molecule has 0 saturated heterocycles. The number of halogens is 1.